The highest BCUT2D eigenvalue weighted by molar-refractivity contribution is 7.89. The van der Waals surface area contributed by atoms with Gasteiger partial charge >= 0.3 is 0 Å². The van der Waals surface area contributed by atoms with Gasteiger partial charge in [-0.2, -0.15) is 4.31 Å². The molecule has 1 aromatic rings. The zero-order valence-electron chi connectivity index (χ0n) is 15.3. The number of nitrogens with one attached hydrogen (secondary N) is 2. The van der Waals surface area contributed by atoms with Gasteiger partial charge in [-0.25, -0.2) is 8.42 Å². The molecular formula is C18H28N4O3S. The first-order valence-corrected chi connectivity index (χ1v) is 10.8. The van der Waals surface area contributed by atoms with Crippen LogP contribution in [0.25, 0.3) is 0 Å². The van der Waals surface area contributed by atoms with E-state index < -0.39 is 10.0 Å². The Kier molecular flexibility index (Phi) is 6.29. The third kappa shape index (κ3) is 4.43. The van der Waals surface area contributed by atoms with Crippen molar-refractivity contribution in [1.29, 1.82) is 0 Å². The van der Waals surface area contributed by atoms with E-state index in [2.05, 4.69) is 15.5 Å². The molecule has 2 N–H and O–H groups in total. The molecule has 0 aromatic heterocycles. The minimum absolute atomic E-state index is 0.0708. The largest absolute Gasteiger partial charge is 0.325 e. The van der Waals surface area contributed by atoms with E-state index in [0.29, 0.717) is 18.8 Å². The first kappa shape index (κ1) is 19.3. The Morgan fingerprint density at radius 1 is 1.04 bits per heavy atom. The van der Waals surface area contributed by atoms with Gasteiger partial charge in [-0.1, -0.05) is 6.42 Å². The smallest absolute Gasteiger partial charge is 0.243 e. The molecule has 2 heterocycles. The van der Waals surface area contributed by atoms with Crippen molar-refractivity contribution < 1.29 is 13.2 Å². The van der Waals surface area contributed by atoms with E-state index in [-0.39, 0.29) is 16.8 Å². The van der Waals surface area contributed by atoms with Crippen LogP contribution >= 0.6 is 0 Å². The number of amides is 1. The standard InChI is InChI=1S/C18H28N4O3S/c1-15(21-13-9-19-10-14-21)18(23)20-16-5-7-17(8-6-16)26(24,25)22-11-3-2-4-12-22/h5-8,15,19H,2-4,9-14H2,1H3,(H,20,23)/t15-/m0/s1. The van der Waals surface area contributed by atoms with E-state index in [1.165, 1.54) is 0 Å². The number of hydrogen-bond donors (Lipinski definition) is 2. The average Bonchev–Trinajstić information content (AvgIpc) is 2.69. The molecule has 144 valence electrons. The molecule has 0 spiro atoms. The van der Waals surface area contributed by atoms with Gasteiger partial charge in [0.25, 0.3) is 0 Å². The number of carbonyl (C=O) groups excluding carboxylic acids is 1. The number of sulfonamides is 1. The summed E-state index contributed by atoms with van der Waals surface area (Å²) in [5.74, 6) is -0.0708. The molecule has 0 unspecified atom stereocenters. The summed E-state index contributed by atoms with van der Waals surface area (Å²) in [6.07, 6.45) is 2.91. The van der Waals surface area contributed by atoms with Crippen LogP contribution in [0.1, 0.15) is 26.2 Å². The molecule has 0 aliphatic carbocycles. The van der Waals surface area contributed by atoms with Crippen LogP contribution in [-0.4, -0.2) is 68.8 Å². The van der Waals surface area contributed by atoms with Gasteiger partial charge in [0, 0.05) is 45.0 Å². The molecule has 7 nitrogen and oxygen atoms in total. The lowest BCUT2D eigenvalue weighted by Gasteiger charge is -2.31. The molecule has 3 rings (SSSR count). The summed E-state index contributed by atoms with van der Waals surface area (Å²) < 4.78 is 26.9. The summed E-state index contributed by atoms with van der Waals surface area (Å²) in [4.78, 5) is 14.9. The van der Waals surface area contributed by atoms with Crippen molar-refractivity contribution in [1.82, 2.24) is 14.5 Å². The summed E-state index contributed by atoms with van der Waals surface area (Å²) >= 11 is 0. The maximum atomic E-state index is 12.7. The zero-order valence-corrected chi connectivity index (χ0v) is 16.1. The molecule has 2 aliphatic rings. The topological polar surface area (TPSA) is 81.8 Å². The Bertz CT molecular complexity index is 708. The van der Waals surface area contributed by atoms with Gasteiger partial charge in [-0.05, 0) is 44.0 Å². The van der Waals surface area contributed by atoms with Gasteiger partial charge in [0.05, 0.1) is 10.9 Å². The van der Waals surface area contributed by atoms with Crippen LogP contribution in [0.4, 0.5) is 5.69 Å². The van der Waals surface area contributed by atoms with Crippen molar-refractivity contribution >= 4 is 21.6 Å². The predicted molar refractivity (Wildman–Crippen MR) is 102 cm³/mol. The number of rotatable bonds is 5. The van der Waals surface area contributed by atoms with Gasteiger partial charge < -0.3 is 10.6 Å². The van der Waals surface area contributed by atoms with Crippen LogP contribution in [-0.2, 0) is 14.8 Å². The summed E-state index contributed by atoms with van der Waals surface area (Å²) in [6, 6.07) is 6.27. The monoisotopic (exact) mass is 380 g/mol. The highest BCUT2D eigenvalue weighted by atomic mass is 32.2. The number of nitrogens with zero attached hydrogens (tertiary/aromatic N) is 2. The maximum absolute atomic E-state index is 12.7. The number of carbonyl (C=O) groups is 1. The summed E-state index contributed by atoms with van der Waals surface area (Å²) in [7, 11) is -3.44. The van der Waals surface area contributed by atoms with E-state index in [9.17, 15) is 13.2 Å². The number of anilines is 1. The first-order valence-electron chi connectivity index (χ1n) is 9.34. The van der Waals surface area contributed by atoms with Crippen LogP contribution in [0.3, 0.4) is 0 Å². The van der Waals surface area contributed by atoms with Crippen molar-refractivity contribution in [3.8, 4) is 0 Å². The van der Waals surface area contributed by atoms with Gasteiger partial charge in [0.15, 0.2) is 0 Å². The van der Waals surface area contributed by atoms with E-state index in [1.807, 2.05) is 6.92 Å². The van der Waals surface area contributed by atoms with Gasteiger partial charge in [-0.3, -0.25) is 9.69 Å². The SMILES string of the molecule is C[C@@H](C(=O)Nc1ccc(S(=O)(=O)N2CCCCC2)cc1)N1CCNCC1. The zero-order chi connectivity index (χ0) is 18.6. The predicted octanol–water partition coefficient (Wildman–Crippen LogP) is 1.09. The number of piperidine rings is 1. The van der Waals surface area contributed by atoms with Crippen molar-refractivity contribution in [3.63, 3.8) is 0 Å². The number of benzene rings is 1. The fourth-order valence-corrected chi connectivity index (χ4v) is 4.96. The van der Waals surface area contributed by atoms with Crippen molar-refractivity contribution in [2.75, 3.05) is 44.6 Å². The van der Waals surface area contributed by atoms with E-state index in [4.69, 9.17) is 0 Å². The average molecular weight is 381 g/mol. The van der Waals surface area contributed by atoms with Crippen molar-refractivity contribution in [2.24, 2.45) is 0 Å². The van der Waals surface area contributed by atoms with Crippen LogP contribution in [0, 0.1) is 0 Å². The number of hydrogen-bond acceptors (Lipinski definition) is 5. The second-order valence-corrected chi connectivity index (χ2v) is 8.88. The van der Waals surface area contributed by atoms with Crippen LogP contribution < -0.4 is 10.6 Å². The lowest BCUT2D eigenvalue weighted by Crippen LogP contribution is -2.51. The molecule has 1 amide bonds. The van der Waals surface area contributed by atoms with Crippen LogP contribution in [0.5, 0.6) is 0 Å². The van der Waals surface area contributed by atoms with E-state index in [1.54, 1.807) is 28.6 Å². The van der Waals surface area contributed by atoms with Crippen LogP contribution in [0.2, 0.25) is 0 Å². The Hall–Kier alpha value is -1.48. The lowest BCUT2D eigenvalue weighted by molar-refractivity contribution is -0.120. The Balaban J connectivity index is 1.62. The molecule has 26 heavy (non-hydrogen) atoms. The van der Waals surface area contributed by atoms with E-state index in [0.717, 1.165) is 45.4 Å². The first-order chi connectivity index (χ1) is 12.5. The fraction of sp³-hybridized carbons (Fsp3) is 0.611. The highest BCUT2D eigenvalue weighted by Crippen LogP contribution is 2.22. The van der Waals surface area contributed by atoms with Gasteiger partial charge in [0.2, 0.25) is 15.9 Å². The van der Waals surface area contributed by atoms with Crippen molar-refractivity contribution in [2.45, 2.75) is 37.1 Å². The van der Waals surface area contributed by atoms with Crippen LogP contribution in [0.15, 0.2) is 29.2 Å². The Morgan fingerprint density at radius 2 is 1.65 bits per heavy atom. The summed E-state index contributed by atoms with van der Waals surface area (Å²) in [6.45, 7) is 6.55. The molecule has 2 aliphatic heterocycles. The van der Waals surface area contributed by atoms with Crippen molar-refractivity contribution in [3.05, 3.63) is 24.3 Å². The molecule has 1 atom stereocenters. The normalized spacial score (nSPS) is 21.3. The molecule has 2 fully saturated rings. The van der Waals surface area contributed by atoms with Gasteiger partial charge in [0.1, 0.15) is 0 Å². The fourth-order valence-electron chi connectivity index (χ4n) is 3.45. The highest BCUT2D eigenvalue weighted by Gasteiger charge is 2.26. The minimum atomic E-state index is -3.44. The second-order valence-electron chi connectivity index (χ2n) is 6.94. The molecule has 8 heteroatoms. The molecule has 1 aromatic carbocycles. The van der Waals surface area contributed by atoms with Gasteiger partial charge in [-0.15, -0.1) is 0 Å². The minimum Gasteiger partial charge on any atom is -0.325 e. The third-order valence-electron chi connectivity index (χ3n) is 5.15. The van der Waals surface area contributed by atoms with E-state index >= 15 is 0 Å². The summed E-state index contributed by atoms with van der Waals surface area (Å²) in [5, 5.41) is 6.16. The molecule has 2 saturated heterocycles. The molecule has 0 saturated carbocycles. The Labute approximate surface area is 155 Å². The molecule has 0 radical (unpaired) electrons. The maximum Gasteiger partial charge on any atom is 0.243 e. The third-order valence-corrected chi connectivity index (χ3v) is 7.07. The molecular weight excluding hydrogens is 352 g/mol. The molecule has 0 bridgehead atoms. The quantitative estimate of drug-likeness (QED) is 0.799. The summed E-state index contributed by atoms with van der Waals surface area (Å²) in [5.41, 5.74) is 0.620. The lowest BCUT2D eigenvalue weighted by atomic mass is 10.2. The second kappa shape index (κ2) is 8.47. The Morgan fingerprint density at radius 3 is 2.27 bits per heavy atom. The number of piperazine rings is 1.